The Balaban J connectivity index is 2.13. The van der Waals surface area contributed by atoms with Crippen molar-refractivity contribution in [1.29, 1.82) is 0 Å². The third-order valence-corrected chi connectivity index (χ3v) is 8.85. The van der Waals surface area contributed by atoms with Gasteiger partial charge in [0, 0.05) is 40.7 Å². The van der Waals surface area contributed by atoms with Crippen LogP contribution in [0.3, 0.4) is 0 Å². The monoisotopic (exact) mass is 649 g/mol. The molecule has 0 aliphatic rings. The number of hydrogen-bond donors (Lipinski definition) is 1. The summed E-state index contributed by atoms with van der Waals surface area (Å²) in [5, 5.41) is 3.60. The van der Waals surface area contributed by atoms with Crippen molar-refractivity contribution in [3.05, 3.63) is 87.9 Å². The maximum absolute atomic E-state index is 14.3. The average Bonchev–Trinajstić information content (AvgIpc) is 2.98. The van der Waals surface area contributed by atoms with Gasteiger partial charge >= 0.3 is 0 Å². The minimum atomic E-state index is -3.97. The van der Waals surface area contributed by atoms with Crippen molar-refractivity contribution in [1.82, 2.24) is 10.2 Å². The molecule has 0 bridgehead atoms. The minimum Gasteiger partial charge on any atom is -0.493 e. The van der Waals surface area contributed by atoms with Crippen LogP contribution in [0.2, 0.25) is 10.0 Å². The number of nitrogens with zero attached hydrogens (tertiary/aromatic N) is 2. The third-order valence-electron chi connectivity index (χ3n) is 7.00. The summed E-state index contributed by atoms with van der Waals surface area (Å²) < 4.78 is 37.7. The van der Waals surface area contributed by atoms with Gasteiger partial charge in [0.15, 0.2) is 11.5 Å². The first-order valence-electron chi connectivity index (χ1n) is 13.7. The minimum absolute atomic E-state index is 0.133. The predicted octanol–water partition coefficient (Wildman–Crippen LogP) is 5.33. The Morgan fingerprint density at radius 2 is 1.56 bits per heavy atom. The Morgan fingerprint density at radius 3 is 2.12 bits per heavy atom. The van der Waals surface area contributed by atoms with E-state index in [4.69, 9.17) is 32.7 Å². The summed E-state index contributed by atoms with van der Waals surface area (Å²) in [7, 11) is -1.08. The van der Waals surface area contributed by atoms with E-state index in [2.05, 4.69) is 5.32 Å². The molecule has 12 heteroatoms. The van der Waals surface area contributed by atoms with Crippen LogP contribution in [0.5, 0.6) is 11.5 Å². The van der Waals surface area contributed by atoms with E-state index in [0.717, 1.165) is 16.1 Å². The molecule has 0 saturated heterocycles. The smallest absolute Gasteiger partial charge is 0.244 e. The molecule has 0 aliphatic carbocycles. The molecule has 0 spiro atoms. The summed E-state index contributed by atoms with van der Waals surface area (Å²) in [5.74, 6) is -0.329. The van der Waals surface area contributed by atoms with E-state index >= 15 is 0 Å². The van der Waals surface area contributed by atoms with Crippen LogP contribution in [0, 0.1) is 0 Å². The molecule has 0 aliphatic heterocycles. The Labute approximate surface area is 263 Å². The summed E-state index contributed by atoms with van der Waals surface area (Å²) >= 11 is 13.0. The summed E-state index contributed by atoms with van der Waals surface area (Å²) in [6.07, 6.45) is 1.85. The number of nitrogens with one attached hydrogen (secondary N) is 1. The number of rotatable bonds is 14. The zero-order valence-corrected chi connectivity index (χ0v) is 27.2. The fraction of sp³-hybridized carbons (Fsp3) is 0.355. The van der Waals surface area contributed by atoms with Crippen LogP contribution in [0.4, 0.5) is 5.69 Å². The lowest BCUT2D eigenvalue weighted by atomic mass is 10.0. The number of anilines is 1. The highest BCUT2D eigenvalue weighted by Gasteiger charge is 2.34. The molecule has 2 amide bonds. The lowest BCUT2D eigenvalue weighted by Gasteiger charge is -2.34. The fourth-order valence-corrected chi connectivity index (χ4v) is 5.80. The van der Waals surface area contributed by atoms with Crippen molar-refractivity contribution in [3.63, 3.8) is 0 Å². The van der Waals surface area contributed by atoms with Crippen molar-refractivity contribution in [2.75, 3.05) is 31.3 Å². The molecule has 0 saturated carbocycles. The van der Waals surface area contributed by atoms with Crippen LogP contribution < -0.4 is 19.1 Å². The first kappa shape index (κ1) is 34.0. The number of sulfonamides is 1. The number of halogens is 2. The largest absolute Gasteiger partial charge is 0.493 e. The molecule has 3 aromatic carbocycles. The third kappa shape index (κ3) is 9.01. The molecule has 2 atom stereocenters. The number of carbonyl (C=O) groups is 2. The van der Waals surface area contributed by atoms with E-state index in [1.807, 2.05) is 44.2 Å². The summed E-state index contributed by atoms with van der Waals surface area (Å²) in [4.78, 5) is 29.4. The predicted molar refractivity (Wildman–Crippen MR) is 171 cm³/mol. The second-order valence-electron chi connectivity index (χ2n) is 10.1. The van der Waals surface area contributed by atoms with Gasteiger partial charge in [-0.1, -0.05) is 66.5 Å². The van der Waals surface area contributed by atoms with E-state index in [9.17, 15) is 18.0 Å². The molecule has 0 fully saturated rings. The molecule has 0 aromatic heterocycles. The number of hydrogen-bond acceptors (Lipinski definition) is 6. The Hall–Kier alpha value is -3.47. The molecule has 232 valence electrons. The van der Waals surface area contributed by atoms with E-state index in [0.29, 0.717) is 27.8 Å². The highest BCUT2D eigenvalue weighted by molar-refractivity contribution is 7.92. The number of methoxy groups -OCH3 is 2. The highest BCUT2D eigenvalue weighted by Crippen LogP contribution is 2.33. The molecule has 3 rings (SSSR count). The quantitative estimate of drug-likeness (QED) is 0.253. The van der Waals surface area contributed by atoms with Gasteiger partial charge in [0.05, 0.1) is 26.2 Å². The van der Waals surface area contributed by atoms with Crippen LogP contribution in [0.1, 0.15) is 31.4 Å². The maximum atomic E-state index is 14.3. The SMILES string of the molecule is CCC(C)NC(=O)C(Cc1ccccc1)N(Cc1c(Cl)cccc1Cl)C(=O)CN(c1ccc(OC)c(OC)c1)S(C)(=O)=O. The van der Waals surface area contributed by atoms with Gasteiger partial charge in [-0.15, -0.1) is 0 Å². The lowest BCUT2D eigenvalue weighted by molar-refractivity contribution is -0.140. The van der Waals surface area contributed by atoms with Crippen LogP contribution in [0.25, 0.3) is 0 Å². The first-order valence-corrected chi connectivity index (χ1v) is 16.3. The molecular formula is C31H37Cl2N3O6S. The molecule has 9 nitrogen and oxygen atoms in total. The van der Waals surface area contributed by atoms with Gasteiger partial charge in [-0.3, -0.25) is 13.9 Å². The normalized spacial score (nSPS) is 12.6. The molecule has 0 heterocycles. The average molecular weight is 651 g/mol. The number of ether oxygens (including phenoxy) is 2. The van der Waals surface area contributed by atoms with E-state index in [1.165, 1.54) is 31.3 Å². The molecular weight excluding hydrogens is 613 g/mol. The van der Waals surface area contributed by atoms with Gasteiger partial charge in [-0.2, -0.15) is 0 Å². The number of amides is 2. The molecule has 1 N–H and O–H groups in total. The summed E-state index contributed by atoms with van der Waals surface area (Å²) in [6, 6.07) is 17.6. The first-order chi connectivity index (χ1) is 20.4. The van der Waals surface area contributed by atoms with Gasteiger partial charge in [0.25, 0.3) is 0 Å². The standard InChI is InChI=1S/C31H37Cl2N3O6S/c1-6-21(2)34-31(38)27(17-22-11-8-7-9-12-22)35(19-24-25(32)13-10-14-26(24)33)30(37)20-36(43(5,39)40)23-15-16-28(41-3)29(18-23)42-4/h7-16,18,21,27H,6,17,19-20H2,1-5H3,(H,34,38). The topological polar surface area (TPSA) is 105 Å². The molecule has 3 aromatic rings. The lowest BCUT2D eigenvalue weighted by Crippen LogP contribution is -2.54. The van der Waals surface area contributed by atoms with Crippen molar-refractivity contribution in [2.45, 2.75) is 45.3 Å². The van der Waals surface area contributed by atoms with Gasteiger partial charge in [0.1, 0.15) is 12.6 Å². The van der Waals surface area contributed by atoms with Crippen LogP contribution in [0.15, 0.2) is 66.7 Å². The highest BCUT2D eigenvalue weighted by atomic mass is 35.5. The van der Waals surface area contributed by atoms with Gasteiger partial charge in [-0.25, -0.2) is 8.42 Å². The van der Waals surface area contributed by atoms with Crippen molar-refractivity contribution in [3.8, 4) is 11.5 Å². The molecule has 43 heavy (non-hydrogen) atoms. The van der Waals surface area contributed by atoms with Gasteiger partial charge in [-0.05, 0) is 43.2 Å². The Morgan fingerprint density at radius 1 is 0.930 bits per heavy atom. The molecule has 0 radical (unpaired) electrons. The van der Waals surface area contributed by atoms with E-state index in [-0.39, 0.29) is 36.4 Å². The summed E-state index contributed by atoms with van der Waals surface area (Å²) in [5.41, 5.74) is 1.44. The Kier molecular flexibility index (Phi) is 12.1. The Bertz CT molecular complexity index is 1500. The van der Waals surface area contributed by atoms with Gasteiger partial charge < -0.3 is 19.7 Å². The summed E-state index contributed by atoms with van der Waals surface area (Å²) in [6.45, 7) is 3.08. The van der Waals surface area contributed by atoms with Crippen LogP contribution in [-0.2, 0) is 32.6 Å². The number of carbonyl (C=O) groups excluding carboxylic acids is 2. The van der Waals surface area contributed by atoms with Crippen molar-refractivity contribution >= 4 is 50.7 Å². The van der Waals surface area contributed by atoms with E-state index < -0.39 is 28.5 Å². The van der Waals surface area contributed by atoms with Crippen molar-refractivity contribution < 1.29 is 27.5 Å². The molecule has 2 unspecified atom stereocenters. The zero-order chi connectivity index (χ0) is 31.7. The fourth-order valence-electron chi connectivity index (χ4n) is 4.44. The van der Waals surface area contributed by atoms with Gasteiger partial charge in [0.2, 0.25) is 21.8 Å². The number of benzene rings is 3. The second kappa shape index (κ2) is 15.3. The van der Waals surface area contributed by atoms with E-state index in [1.54, 1.807) is 24.3 Å². The second-order valence-corrected chi connectivity index (χ2v) is 12.8. The maximum Gasteiger partial charge on any atom is 0.244 e. The van der Waals surface area contributed by atoms with Crippen LogP contribution >= 0.6 is 23.2 Å². The zero-order valence-electron chi connectivity index (χ0n) is 24.8. The van der Waals surface area contributed by atoms with Crippen LogP contribution in [-0.4, -0.2) is 64.2 Å². The van der Waals surface area contributed by atoms with Crippen molar-refractivity contribution in [2.24, 2.45) is 0 Å².